The number of methoxy groups -OCH3 is 1. The molecule has 1 aliphatic rings. The molecule has 0 atom stereocenters. The predicted octanol–water partition coefficient (Wildman–Crippen LogP) is 2.21. The number of hydrogen-bond acceptors (Lipinski definition) is 4. The first-order chi connectivity index (χ1) is 11.2. The number of ether oxygens (including phenoxy) is 1. The van der Waals surface area contributed by atoms with Crippen molar-refractivity contribution < 1.29 is 18.7 Å². The van der Waals surface area contributed by atoms with Crippen molar-refractivity contribution in [3.8, 4) is 0 Å². The molecule has 0 unspecified atom stereocenters. The number of nitrogens with one attached hydrogen (secondary N) is 1. The number of carbonyl (C=O) groups is 2. The molecule has 0 bridgehead atoms. The lowest BCUT2D eigenvalue weighted by Crippen LogP contribution is -2.40. The summed E-state index contributed by atoms with van der Waals surface area (Å²) in [5, 5.41) is 3.08. The van der Waals surface area contributed by atoms with E-state index in [1.165, 1.54) is 31.8 Å². The highest BCUT2D eigenvalue weighted by molar-refractivity contribution is 5.94. The highest BCUT2D eigenvalue weighted by atomic mass is 16.5. The molecule has 2 amide bonds. The van der Waals surface area contributed by atoms with E-state index in [-0.39, 0.29) is 11.8 Å². The molecule has 6 nitrogen and oxygen atoms in total. The molecule has 1 aromatic heterocycles. The van der Waals surface area contributed by atoms with E-state index in [1.807, 2.05) is 0 Å². The Morgan fingerprint density at radius 1 is 1.30 bits per heavy atom. The second kappa shape index (κ2) is 9.35. The van der Waals surface area contributed by atoms with Crippen LogP contribution in [0.1, 0.15) is 48.9 Å². The molecule has 23 heavy (non-hydrogen) atoms. The highest BCUT2D eigenvalue weighted by Gasteiger charge is 2.19. The molecule has 6 heteroatoms. The van der Waals surface area contributed by atoms with Crippen molar-refractivity contribution in [3.63, 3.8) is 0 Å². The monoisotopic (exact) mass is 322 g/mol. The van der Waals surface area contributed by atoms with Crippen LogP contribution in [-0.2, 0) is 9.53 Å². The first-order valence-corrected chi connectivity index (χ1v) is 8.30. The minimum atomic E-state index is -0.138. The van der Waals surface area contributed by atoms with Gasteiger partial charge < -0.3 is 19.4 Å². The molecule has 128 valence electrons. The van der Waals surface area contributed by atoms with Gasteiger partial charge in [-0.25, -0.2) is 0 Å². The van der Waals surface area contributed by atoms with E-state index >= 15 is 0 Å². The van der Waals surface area contributed by atoms with E-state index < -0.39 is 0 Å². The van der Waals surface area contributed by atoms with Crippen LogP contribution < -0.4 is 5.32 Å². The van der Waals surface area contributed by atoms with Crippen molar-refractivity contribution in [1.82, 2.24) is 10.2 Å². The number of carbonyl (C=O) groups excluding carboxylic acids is 2. The van der Waals surface area contributed by atoms with E-state index in [0.717, 1.165) is 12.8 Å². The fourth-order valence-corrected chi connectivity index (χ4v) is 2.87. The average molecular weight is 322 g/mol. The third kappa shape index (κ3) is 5.71. The topological polar surface area (TPSA) is 71.8 Å². The van der Waals surface area contributed by atoms with Gasteiger partial charge in [0, 0.05) is 32.7 Å². The highest BCUT2D eigenvalue weighted by Crippen LogP contribution is 2.17. The summed E-state index contributed by atoms with van der Waals surface area (Å²) in [5.41, 5.74) is 0.494. The molecule has 2 rings (SSSR count). The van der Waals surface area contributed by atoms with Crippen molar-refractivity contribution in [2.45, 2.75) is 44.6 Å². The van der Waals surface area contributed by atoms with Crippen LogP contribution in [0.2, 0.25) is 0 Å². The summed E-state index contributed by atoms with van der Waals surface area (Å²) in [6, 6.07) is 1.93. The average Bonchev–Trinajstić information content (AvgIpc) is 3.10. The maximum Gasteiger partial charge on any atom is 0.257 e. The Balaban J connectivity index is 1.82. The Bertz CT molecular complexity index is 481. The quantitative estimate of drug-likeness (QED) is 0.796. The number of rotatable bonds is 8. The molecule has 1 saturated carbocycles. The zero-order valence-corrected chi connectivity index (χ0v) is 13.8. The zero-order chi connectivity index (χ0) is 16.5. The fourth-order valence-electron chi connectivity index (χ4n) is 2.87. The molecule has 1 fully saturated rings. The molecule has 0 saturated heterocycles. The number of hydrogen-bond donors (Lipinski definition) is 1. The number of amides is 2. The predicted molar refractivity (Wildman–Crippen MR) is 86.1 cm³/mol. The van der Waals surface area contributed by atoms with Gasteiger partial charge in [0.15, 0.2) is 0 Å². The number of nitrogens with zero attached hydrogens (tertiary/aromatic N) is 1. The van der Waals surface area contributed by atoms with Gasteiger partial charge in [-0.05, 0) is 18.9 Å². The van der Waals surface area contributed by atoms with Crippen molar-refractivity contribution in [3.05, 3.63) is 24.2 Å². The lowest BCUT2D eigenvalue weighted by molar-refractivity contribution is -0.122. The molecule has 1 aromatic rings. The Morgan fingerprint density at radius 2 is 2.09 bits per heavy atom. The van der Waals surface area contributed by atoms with E-state index in [9.17, 15) is 9.59 Å². The van der Waals surface area contributed by atoms with Gasteiger partial charge in [-0.2, -0.15) is 0 Å². The molecular weight excluding hydrogens is 296 g/mol. The van der Waals surface area contributed by atoms with E-state index in [0.29, 0.717) is 37.7 Å². The van der Waals surface area contributed by atoms with Crippen molar-refractivity contribution in [1.29, 1.82) is 0 Å². The summed E-state index contributed by atoms with van der Waals surface area (Å²) < 4.78 is 10.0. The molecule has 0 aliphatic heterocycles. The first kappa shape index (κ1) is 17.5. The summed E-state index contributed by atoms with van der Waals surface area (Å²) in [6.45, 7) is 1.27. The van der Waals surface area contributed by atoms with Gasteiger partial charge in [0.2, 0.25) is 5.91 Å². The van der Waals surface area contributed by atoms with E-state index in [4.69, 9.17) is 9.15 Å². The minimum Gasteiger partial charge on any atom is -0.472 e. The third-order valence-electron chi connectivity index (χ3n) is 4.20. The van der Waals surface area contributed by atoms with Crippen LogP contribution >= 0.6 is 0 Å². The SMILES string of the molecule is COCCN(CCC(=O)NC1CCCCC1)C(=O)c1ccoc1. The molecule has 0 spiro atoms. The van der Waals surface area contributed by atoms with Crippen LogP contribution in [0.5, 0.6) is 0 Å². The molecular formula is C17H26N2O4. The maximum absolute atomic E-state index is 12.4. The van der Waals surface area contributed by atoms with E-state index in [2.05, 4.69) is 5.32 Å². The van der Waals surface area contributed by atoms with Gasteiger partial charge in [0.05, 0.1) is 18.4 Å². The van der Waals surface area contributed by atoms with Crippen LogP contribution in [0.4, 0.5) is 0 Å². The fraction of sp³-hybridized carbons (Fsp3) is 0.647. The van der Waals surface area contributed by atoms with Gasteiger partial charge in [-0.1, -0.05) is 19.3 Å². The van der Waals surface area contributed by atoms with Gasteiger partial charge in [0.25, 0.3) is 5.91 Å². The first-order valence-electron chi connectivity index (χ1n) is 8.30. The summed E-state index contributed by atoms with van der Waals surface area (Å²) in [4.78, 5) is 26.1. The second-order valence-corrected chi connectivity index (χ2v) is 5.95. The molecule has 1 aliphatic carbocycles. The molecule has 1 N–H and O–H groups in total. The lowest BCUT2D eigenvalue weighted by atomic mass is 9.95. The standard InChI is InChI=1S/C17H26N2O4/c1-22-12-10-19(17(21)14-8-11-23-13-14)9-7-16(20)18-15-5-3-2-4-6-15/h8,11,13,15H,2-7,9-10,12H2,1H3,(H,18,20). The molecule has 0 radical (unpaired) electrons. The van der Waals surface area contributed by atoms with Gasteiger partial charge >= 0.3 is 0 Å². The summed E-state index contributed by atoms with van der Waals surface area (Å²) in [7, 11) is 1.59. The van der Waals surface area contributed by atoms with Gasteiger partial charge in [0.1, 0.15) is 6.26 Å². The van der Waals surface area contributed by atoms with Crippen LogP contribution in [0.25, 0.3) is 0 Å². The van der Waals surface area contributed by atoms with Crippen LogP contribution in [0, 0.1) is 0 Å². The number of furan rings is 1. The molecule has 1 heterocycles. The lowest BCUT2D eigenvalue weighted by Gasteiger charge is -2.24. The molecule has 0 aromatic carbocycles. The van der Waals surface area contributed by atoms with Gasteiger partial charge in [-0.3, -0.25) is 9.59 Å². The summed E-state index contributed by atoms with van der Waals surface area (Å²) >= 11 is 0. The van der Waals surface area contributed by atoms with Crippen LogP contribution in [0.3, 0.4) is 0 Å². The Labute approximate surface area is 137 Å². The largest absolute Gasteiger partial charge is 0.472 e. The second-order valence-electron chi connectivity index (χ2n) is 5.95. The van der Waals surface area contributed by atoms with Gasteiger partial charge in [-0.15, -0.1) is 0 Å². The normalized spacial score (nSPS) is 15.3. The summed E-state index contributed by atoms with van der Waals surface area (Å²) in [6.07, 6.45) is 8.95. The third-order valence-corrected chi connectivity index (χ3v) is 4.20. The smallest absolute Gasteiger partial charge is 0.257 e. The van der Waals surface area contributed by atoms with Crippen molar-refractivity contribution in [2.24, 2.45) is 0 Å². The van der Waals surface area contributed by atoms with Crippen LogP contribution in [-0.4, -0.2) is 49.6 Å². The Kier molecular flexibility index (Phi) is 7.13. The van der Waals surface area contributed by atoms with Crippen molar-refractivity contribution >= 4 is 11.8 Å². The Morgan fingerprint density at radius 3 is 2.74 bits per heavy atom. The van der Waals surface area contributed by atoms with Crippen molar-refractivity contribution in [2.75, 3.05) is 26.8 Å². The van der Waals surface area contributed by atoms with Crippen LogP contribution in [0.15, 0.2) is 23.0 Å². The van der Waals surface area contributed by atoms with E-state index in [1.54, 1.807) is 18.1 Å². The maximum atomic E-state index is 12.4. The minimum absolute atomic E-state index is 0.0133. The summed E-state index contributed by atoms with van der Waals surface area (Å²) in [5.74, 6) is -0.124. The zero-order valence-electron chi connectivity index (χ0n) is 13.8. The Hall–Kier alpha value is -1.82.